The topological polar surface area (TPSA) is 106 Å². The molecule has 0 unspecified atom stereocenters. The third-order valence-electron chi connectivity index (χ3n) is 4.68. The van der Waals surface area contributed by atoms with Crippen LogP contribution in [0, 0.1) is 5.92 Å². The number of carbonyl (C=O) groups is 2. The first-order chi connectivity index (χ1) is 14.5. The van der Waals surface area contributed by atoms with Gasteiger partial charge in [0.1, 0.15) is 5.65 Å². The summed E-state index contributed by atoms with van der Waals surface area (Å²) in [4.78, 5) is 33.0. The van der Waals surface area contributed by atoms with Crippen molar-refractivity contribution in [3.8, 4) is 0 Å². The number of aromatic amines is 1. The number of hydrazine groups is 1. The van der Waals surface area contributed by atoms with Crippen molar-refractivity contribution >= 4 is 28.9 Å². The summed E-state index contributed by atoms with van der Waals surface area (Å²) < 4.78 is 16.4. The van der Waals surface area contributed by atoms with Gasteiger partial charge in [-0.2, -0.15) is 0 Å². The Labute approximate surface area is 173 Å². The maximum Gasteiger partial charge on any atom is 0.347 e. The molecular formula is C21H24N4O5. The van der Waals surface area contributed by atoms with Crippen molar-refractivity contribution in [3.05, 3.63) is 47.3 Å². The van der Waals surface area contributed by atoms with Gasteiger partial charge in [0, 0.05) is 36.4 Å². The van der Waals surface area contributed by atoms with E-state index in [4.69, 9.17) is 14.2 Å². The van der Waals surface area contributed by atoms with Gasteiger partial charge in [-0.25, -0.2) is 14.8 Å². The van der Waals surface area contributed by atoms with E-state index in [1.165, 1.54) is 0 Å². The number of aromatic nitrogens is 2. The molecule has 9 heteroatoms. The fraction of sp³-hybridized carbons (Fsp3) is 0.381. The molecule has 0 bridgehead atoms. The lowest BCUT2D eigenvalue weighted by atomic mass is 10.1. The van der Waals surface area contributed by atoms with E-state index in [0.717, 1.165) is 10.9 Å². The largest absolute Gasteiger partial charge is 0.462 e. The molecule has 9 nitrogen and oxygen atoms in total. The first kappa shape index (κ1) is 20.1. The van der Waals surface area contributed by atoms with Crippen LogP contribution in [0.1, 0.15) is 19.4 Å². The van der Waals surface area contributed by atoms with Crippen LogP contribution in [-0.2, 0) is 23.8 Å². The second-order valence-electron chi connectivity index (χ2n) is 7.49. The first-order valence-electron chi connectivity index (χ1n) is 9.90. The maximum atomic E-state index is 13.0. The number of pyridine rings is 1. The summed E-state index contributed by atoms with van der Waals surface area (Å²) in [7, 11) is 0. The van der Waals surface area contributed by atoms with Gasteiger partial charge in [0.25, 0.3) is 0 Å². The third-order valence-corrected chi connectivity index (χ3v) is 4.68. The lowest BCUT2D eigenvalue weighted by Gasteiger charge is -2.27. The number of ether oxygens (including phenoxy) is 3. The molecule has 0 aliphatic carbocycles. The van der Waals surface area contributed by atoms with Crippen LogP contribution < -0.4 is 5.43 Å². The van der Waals surface area contributed by atoms with E-state index < -0.39 is 11.8 Å². The molecule has 0 atom stereocenters. The molecule has 0 saturated carbocycles. The number of hydrogen-bond donors (Lipinski definition) is 2. The van der Waals surface area contributed by atoms with Crippen molar-refractivity contribution < 1.29 is 23.8 Å². The molecule has 2 N–H and O–H groups in total. The van der Waals surface area contributed by atoms with Gasteiger partial charge in [0.2, 0.25) is 11.7 Å². The number of ketones is 1. The Bertz CT molecular complexity index is 1020. The lowest BCUT2D eigenvalue weighted by molar-refractivity contribution is -0.141. The highest BCUT2D eigenvalue weighted by Crippen LogP contribution is 2.28. The molecule has 2 aliphatic rings. The Kier molecular flexibility index (Phi) is 5.82. The zero-order valence-corrected chi connectivity index (χ0v) is 16.9. The van der Waals surface area contributed by atoms with Crippen molar-refractivity contribution in [1.29, 1.82) is 0 Å². The standard InChI is InChI=1S/C21H24N4O5/c1-13(2)12-29-21(27)17-18(26)16(30-20(17)24-25-6-8-28-9-7-25)10-14-11-23-19-15(14)4-3-5-22-19/h3-5,10-11,13,24H,6-9,12H2,1-2H3,(H,22,23)/b16-10-. The van der Waals surface area contributed by atoms with Crippen LogP contribution in [-0.4, -0.2) is 59.6 Å². The quantitative estimate of drug-likeness (QED) is 0.420. The van der Waals surface area contributed by atoms with E-state index in [0.29, 0.717) is 32.0 Å². The Hall–Kier alpha value is -3.17. The van der Waals surface area contributed by atoms with Crippen LogP contribution in [0.5, 0.6) is 0 Å². The second kappa shape index (κ2) is 8.68. The molecule has 2 aliphatic heterocycles. The number of H-pyrrole nitrogens is 1. The number of nitrogens with zero attached hydrogens (tertiary/aromatic N) is 2. The van der Waals surface area contributed by atoms with Gasteiger partial charge in [-0.15, -0.1) is 0 Å². The molecule has 4 rings (SSSR count). The number of morpholine rings is 1. The summed E-state index contributed by atoms with van der Waals surface area (Å²) in [5.74, 6) is -0.936. The highest BCUT2D eigenvalue weighted by atomic mass is 16.5. The van der Waals surface area contributed by atoms with E-state index in [1.807, 2.05) is 31.0 Å². The molecule has 0 radical (unpaired) electrons. The smallest absolute Gasteiger partial charge is 0.347 e. The minimum atomic E-state index is -0.701. The molecule has 0 spiro atoms. The molecule has 0 amide bonds. The van der Waals surface area contributed by atoms with Crippen molar-refractivity contribution in [2.45, 2.75) is 13.8 Å². The molecule has 158 valence electrons. The van der Waals surface area contributed by atoms with Crippen molar-refractivity contribution in [2.24, 2.45) is 5.92 Å². The first-order valence-corrected chi connectivity index (χ1v) is 9.90. The maximum absolute atomic E-state index is 13.0. The van der Waals surface area contributed by atoms with Gasteiger partial charge in [-0.1, -0.05) is 13.8 Å². The number of esters is 1. The number of fused-ring (bicyclic) bond motifs is 1. The second-order valence-corrected chi connectivity index (χ2v) is 7.49. The number of rotatable bonds is 6. The van der Waals surface area contributed by atoms with Crippen LogP contribution in [0.15, 0.2) is 41.7 Å². The molecule has 30 heavy (non-hydrogen) atoms. The van der Waals surface area contributed by atoms with Crippen molar-refractivity contribution in [1.82, 2.24) is 20.4 Å². The summed E-state index contributed by atoms with van der Waals surface area (Å²) in [6, 6.07) is 3.71. The van der Waals surface area contributed by atoms with Crippen molar-refractivity contribution in [3.63, 3.8) is 0 Å². The van der Waals surface area contributed by atoms with E-state index in [-0.39, 0.29) is 29.7 Å². The van der Waals surface area contributed by atoms with Crippen molar-refractivity contribution in [2.75, 3.05) is 32.9 Å². The van der Waals surface area contributed by atoms with Crippen LogP contribution in [0.3, 0.4) is 0 Å². The van der Waals surface area contributed by atoms with Gasteiger partial charge < -0.3 is 19.2 Å². The zero-order valence-electron chi connectivity index (χ0n) is 16.9. The van der Waals surface area contributed by atoms with E-state index in [2.05, 4.69) is 15.4 Å². The average molecular weight is 412 g/mol. The predicted molar refractivity (Wildman–Crippen MR) is 109 cm³/mol. The molecule has 2 aromatic heterocycles. The molecular weight excluding hydrogens is 388 g/mol. The van der Waals surface area contributed by atoms with Gasteiger partial charge in [0.15, 0.2) is 11.3 Å². The van der Waals surface area contributed by atoms with E-state index in [1.54, 1.807) is 18.5 Å². The Balaban J connectivity index is 1.62. The summed E-state index contributed by atoms with van der Waals surface area (Å²) in [6.45, 7) is 6.37. The fourth-order valence-corrected chi connectivity index (χ4v) is 3.16. The Morgan fingerprint density at radius 3 is 2.97 bits per heavy atom. The van der Waals surface area contributed by atoms with Gasteiger partial charge in [0.05, 0.1) is 19.8 Å². The van der Waals surface area contributed by atoms with Crippen LogP contribution >= 0.6 is 0 Å². The zero-order chi connectivity index (χ0) is 21.1. The summed E-state index contributed by atoms with van der Waals surface area (Å²) in [5.41, 5.74) is 4.35. The molecule has 0 aromatic carbocycles. The Morgan fingerprint density at radius 1 is 1.40 bits per heavy atom. The minimum Gasteiger partial charge on any atom is -0.462 e. The number of hydrogen-bond acceptors (Lipinski definition) is 8. The Morgan fingerprint density at radius 2 is 2.20 bits per heavy atom. The highest BCUT2D eigenvalue weighted by molar-refractivity contribution is 6.26. The summed E-state index contributed by atoms with van der Waals surface area (Å²) >= 11 is 0. The van der Waals surface area contributed by atoms with Crippen LogP contribution in [0.2, 0.25) is 0 Å². The van der Waals surface area contributed by atoms with Crippen LogP contribution in [0.4, 0.5) is 0 Å². The predicted octanol–water partition coefficient (Wildman–Crippen LogP) is 1.75. The number of carbonyl (C=O) groups excluding carboxylic acids is 2. The monoisotopic (exact) mass is 412 g/mol. The number of allylic oxidation sites excluding steroid dienone is 1. The van der Waals surface area contributed by atoms with Crippen LogP contribution in [0.25, 0.3) is 17.1 Å². The van der Waals surface area contributed by atoms with E-state index >= 15 is 0 Å². The number of nitrogens with one attached hydrogen (secondary N) is 2. The molecule has 1 fully saturated rings. The normalized spacial score (nSPS) is 19.0. The minimum absolute atomic E-state index is 0.0482. The summed E-state index contributed by atoms with van der Waals surface area (Å²) in [5, 5.41) is 2.69. The lowest BCUT2D eigenvalue weighted by Crippen LogP contribution is -2.45. The number of Topliss-reactive ketones (excluding diaryl/α,β-unsaturated/α-hetero) is 1. The SMILES string of the molecule is CC(C)COC(=O)C1=C(NN2CCOCC2)O/C(=C\c2c[nH]c3ncccc23)C1=O. The third kappa shape index (κ3) is 4.22. The van der Waals surface area contributed by atoms with Gasteiger partial charge in [-0.3, -0.25) is 10.2 Å². The average Bonchev–Trinajstić information content (AvgIpc) is 3.28. The fourth-order valence-electron chi connectivity index (χ4n) is 3.16. The molecule has 1 saturated heterocycles. The highest BCUT2D eigenvalue weighted by Gasteiger charge is 2.38. The summed E-state index contributed by atoms with van der Waals surface area (Å²) in [6.07, 6.45) is 5.03. The van der Waals surface area contributed by atoms with E-state index in [9.17, 15) is 9.59 Å². The van der Waals surface area contributed by atoms with Gasteiger partial charge in [-0.05, 0) is 24.1 Å². The molecule has 4 heterocycles. The molecule has 2 aromatic rings. The van der Waals surface area contributed by atoms with Gasteiger partial charge >= 0.3 is 5.97 Å².